The van der Waals surface area contributed by atoms with E-state index in [0.717, 1.165) is 34.1 Å². The number of ether oxygens (including phenoxy) is 4. The van der Waals surface area contributed by atoms with E-state index in [-0.39, 0.29) is 24.0 Å². The largest absolute Gasteiger partial charge is 0.424 e. The molecule has 2 spiro atoms. The molecule has 0 fully saturated rings. The molecule has 0 radical (unpaired) electrons. The molecule has 432 valence electrons. The highest BCUT2D eigenvalue weighted by atomic mass is 16.5. The Morgan fingerprint density at radius 1 is 0.228 bits per heavy atom. The Bertz CT molecular complexity index is 4760. The van der Waals surface area contributed by atoms with Gasteiger partial charge in [-0.1, -0.05) is 182 Å². The molecule has 2 aromatic heterocycles. The lowest BCUT2D eigenvalue weighted by Crippen LogP contribution is -2.36. The van der Waals surface area contributed by atoms with Crippen molar-refractivity contribution >= 4 is 34.1 Å². The molecule has 2 aliphatic carbocycles. The van der Waals surface area contributed by atoms with Crippen LogP contribution in [-0.4, -0.2) is 29.9 Å². The van der Waals surface area contributed by atoms with Crippen LogP contribution in [0.1, 0.15) is 44.5 Å². The van der Waals surface area contributed by atoms with E-state index in [1.807, 2.05) is 24.3 Å². The van der Waals surface area contributed by atoms with E-state index in [0.29, 0.717) is 45.8 Å². The van der Waals surface area contributed by atoms with E-state index in [9.17, 15) is 0 Å². The van der Waals surface area contributed by atoms with Crippen molar-refractivity contribution in [1.29, 1.82) is 0 Å². The summed E-state index contributed by atoms with van der Waals surface area (Å²) >= 11 is 0. The van der Waals surface area contributed by atoms with Crippen molar-refractivity contribution in [1.82, 2.24) is 29.9 Å². The van der Waals surface area contributed by atoms with Crippen molar-refractivity contribution in [2.45, 2.75) is 10.8 Å². The average Bonchev–Trinajstić information content (AvgIpc) is 1.43. The number of anilines is 6. The molecular weight excluding hydrogens is 1140 g/mol. The van der Waals surface area contributed by atoms with E-state index < -0.39 is 10.8 Å². The van der Waals surface area contributed by atoms with Gasteiger partial charge in [-0.2, -0.15) is 19.9 Å². The Hall–Kier alpha value is -12.5. The summed E-state index contributed by atoms with van der Waals surface area (Å²) in [5.74, 6) is 2.22. The molecule has 19 rings (SSSR count). The number of benzene rings is 12. The summed E-state index contributed by atoms with van der Waals surface area (Å²) in [5, 5.41) is 0. The van der Waals surface area contributed by atoms with Gasteiger partial charge in [0, 0.05) is 34.6 Å². The van der Waals surface area contributed by atoms with Gasteiger partial charge in [-0.15, -0.1) is 9.97 Å². The fraction of sp³-hybridized carbons (Fsp3) is 0.0250. The van der Waals surface area contributed by atoms with Crippen LogP contribution in [-0.2, 0) is 10.8 Å². The van der Waals surface area contributed by atoms with E-state index in [2.05, 4.69) is 238 Å². The smallest absolute Gasteiger partial charge is 0.328 e. The number of aromatic nitrogens is 6. The summed E-state index contributed by atoms with van der Waals surface area (Å²) in [4.78, 5) is 33.6. The summed E-state index contributed by atoms with van der Waals surface area (Å²) < 4.78 is 25.9. The van der Waals surface area contributed by atoms with E-state index >= 15 is 0 Å². The number of nitrogens with zero attached hydrogens (tertiary/aromatic N) is 8. The predicted molar refractivity (Wildman–Crippen MR) is 355 cm³/mol. The molecule has 14 aromatic rings. The van der Waals surface area contributed by atoms with Crippen LogP contribution in [0.15, 0.2) is 291 Å². The first-order valence-electron chi connectivity index (χ1n) is 30.6. The minimum atomic E-state index is -0.516. The molecule has 12 nitrogen and oxygen atoms in total. The van der Waals surface area contributed by atoms with Crippen molar-refractivity contribution < 1.29 is 18.9 Å². The Labute approximate surface area is 528 Å². The quantitative estimate of drug-likeness (QED) is 0.167. The molecular formula is C80H48N8O4. The van der Waals surface area contributed by atoms with Gasteiger partial charge in [0.1, 0.15) is 23.0 Å². The van der Waals surface area contributed by atoms with Gasteiger partial charge in [-0.05, 0) is 164 Å². The molecule has 0 atom stereocenters. The summed E-state index contributed by atoms with van der Waals surface area (Å²) in [7, 11) is 0. The Morgan fingerprint density at radius 2 is 0.478 bits per heavy atom. The second kappa shape index (κ2) is 20.0. The topological polar surface area (TPSA) is 121 Å². The van der Waals surface area contributed by atoms with E-state index in [1.165, 1.54) is 66.8 Å². The normalized spacial score (nSPS) is 14.1. The van der Waals surface area contributed by atoms with Crippen molar-refractivity contribution in [3.8, 4) is 92.1 Å². The summed E-state index contributed by atoms with van der Waals surface area (Å²) in [6.07, 6.45) is 0. The molecule has 0 saturated carbocycles. The molecule has 12 aromatic carbocycles. The highest BCUT2D eigenvalue weighted by molar-refractivity contribution is 5.98. The summed E-state index contributed by atoms with van der Waals surface area (Å²) in [6.45, 7) is 0. The highest BCUT2D eigenvalue weighted by Crippen LogP contribution is 2.65. The zero-order chi connectivity index (χ0) is 60.5. The molecule has 5 heterocycles. The molecule has 5 aliphatic rings. The van der Waals surface area contributed by atoms with Gasteiger partial charge in [0.2, 0.25) is 0 Å². The lowest BCUT2D eigenvalue weighted by atomic mass is 9.64. The first-order chi connectivity index (χ1) is 45.5. The Kier molecular flexibility index (Phi) is 11.2. The first kappa shape index (κ1) is 51.5. The van der Waals surface area contributed by atoms with Gasteiger partial charge >= 0.3 is 24.0 Å². The third-order valence-electron chi connectivity index (χ3n) is 18.5. The average molecular weight is 1190 g/mol. The summed E-state index contributed by atoms with van der Waals surface area (Å²) in [6, 6.07) is 101. The minimum Gasteiger partial charge on any atom is -0.424 e. The van der Waals surface area contributed by atoms with Crippen molar-refractivity contribution in [3.05, 3.63) is 336 Å². The molecule has 3 aliphatic heterocycles. The van der Waals surface area contributed by atoms with Crippen LogP contribution in [0.2, 0.25) is 0 Å². The third-order valence-corrected chi connectivity index (χ3v) is 18.5. The van der Waals surface area contributed by atoms with Gasteiger partial charge in [0.25, 0.3) is 0 Å². The molecule has 8 bridgehead atoms. The third kappa shape index (κ3) is 7.64. The maximum absolute atomic E-state index is 6.47. The lowest BCUT2D eigenvalue weighted by Gasteiger charge is -2.45. The van der Waals surface area contributed by atoms with Crippen LogP contribution in [0.3, 0.4) is 0 Å². The van der Waals surface area contributed by atoms with Gasteiger partial charge < -0.3 is 28.7 Å². The standard InChI is InChI=1S/C80H48N8O4/c1-5-27-61-57(23-1)58-24-2-6-28-62(58)79(61)65-31-9-13-35-69(65)87(70-36-14-10-32-66(70)79)51-43-39-49(40-44-51)73-81-75-85-76(82-73)90-54-20-18-22-56(48-54)92-78-84-74(83-77(86-78)91-55-21-17-19-53(47-55)89-75)50-41-45-52(46-42-50)88-71-37-15-11-33-67(71)80(68-34-12-16-38-72(68)88)63-29-7-3-25-59(63)60-26-4-8-30-64(60)80/h1-48H. The van der Waals surface area contributed by atoms with Crippen molar-refractivity contribution in [2.75, 3.05) is 9.80 Å². The van der Waals surface area contributed by atoms with E-state index in [1.54, 1.807) is 48.5 Å². The van der Waals surface area contributed by atoms with Gasteiger partial charge in [-0.25, -0.2) is 0 Å². The monoisotopic (exact) mass is 1180 g/mol. The number of para-hydroxylation sites is 4. The highest BCUT2D eigenvalue weighted by Gasteiger charge is 2.53. The van der Waals surface area contributed by atoms with Crippen LogP contribution in [0.5, 0.6) is 47.0 Å². The maximum atomic E-state index is 6.47. The predicted octanol–water partition coefficient (Wildman–Crippen LogP) is 19.2. The van der Waals surface area contributed by atoms with Crippen LogP contribution < -0.4 is 28.7 Å². The first-order valence-corrected chi connectivity index (χ1v) is 30.6. The fourth-order valence-electron chi connectivity index (χ4n) is 14.9. The molecule has 12 heteroatoms. The van der Waals surface area contributed by atoms with Crippen LogP contribution in [0, 0.1) is 0 Å². The number of hydrogen-bond donors (Lipinski definition) is 0. The van der Waals surface area contributed by atoms with Gasteiger partial charge in [-0.3, -0.25) is 0 Å². The van der Waals surface area contributed by atoms with Gasteiger partial charge in [0.15, 0.2) is 11.6 Å². The molecule has 92 heavy (non-hydrogen) atoms. The fourth-order valence-corrected chi connectivity index (χ4v) is 14.9. The second-order valence-corrected chi connectivity index (χ2v) is 23.3. The van der Waals surface area contributed by atoms with Crippen LogP contribution in [0.25, 0.3) is 45.0 Å². The number of fused-ring (bicyclic) bond motifs is 26. The summed E-state index contributed by atoms with van der Waals surface area (Å²) in [5.41, 5.74) is 21.7. The maximum Gasteiger partial charge on any atom is 0.328 e. The Morgan fingerprint density at radius 3 is 0.761 bits per heavy atom. The zero-order valence-corrected chi connectivity index (χ0v) is 48.9. The number of rotatable bonds is 4. The molecule has 0 unspecified atom stereocenters. The minimum absolute atomic E-state index is 0.00505. The number of hydrogen-bond acceptors (Lipinski definition) is 12. The molecule has 0 amide bonds. The molecule has 0 saturated heterocycles. The lowest BCUT2D eigenvalue weighted by molar-refractivity contribution is 0.381. The zero-order valence-electron chi connectivity index (χ0n) is 48.9. The molecule has 0 N–H and O–H groups in total. The SMILES string of the molecule is c1cc2cc(c1)Oc1nc(nc(-c3ccc(N4c5ccccc5C5(c6ccccc6-c6ccccc65)c5ccccc54)cc3)n1)Oc1cccc(c1)Oc1nc(nc(-c3ccc(N4c5ccccc5C5(c6ccccc6-c6ccccc65)c5ccccc54)cc3)n1)O2. The van der Waals surface area contributed by atoms with Crippen molar-refractivity contribution in [2.24, 2.45) is 0 Å². The van der Waals surface area contributed by atoms with Crippen LogP contribution >= 0.6 is 0 Å². The van der Waals surface area contributed by atoms with Gasteiger partial charge in [0.05, 0.1) is 33.6 Å². The second-order valence-electron chi connectivity index (χ2n) is 23.3. The Balaban J connectivity index is 0.646. The van der Waals surface area contributed by atoms with Crippen molar-refractivity contribution in [3.63, 3.8) is 0 Å². The van der Waals surface area contributed by atoms with Crippen LogP contribution in [0.4, 0.5) is 34.1 Å². The van der Waals surface area contributed by atoms with E-state index in [4.69, 9.17) is 38.9 Å².